The summed E-state index contributed by atoms with van der Waals surface area (Å²) in [5.41, 5.74) is 1.01. The lowest BCUT2D eigenvalue weighted by molar-refractivity contribution is 0.340. The standard InChI is InChI=1S/C15H14OS/c1-3-16-14-8-5-13(6-9-14)7-11-15-10-4-12(2)17-15/h4-6,8-10H,3H2,1-2H3. The fraction of sp³-hybridized carbons (Fsp3) is 0.200. The molecule has 2 aromatic rings. The monoisotopic (exact) mass is 242 g/mol. The van der Waals surface area contributed by atoms with Crippen molar-refractivity contribution in [3.63, 3.8) is 0 Å². The predicted molar refractivity (Wildman–Crippen MR) is 72.6 cm³/mol. The summed E-state index contributed by atoms with van der Waals surface area (Å²) < 4.78 is 5.38. The number of aryl methyl sites for hydroxylation is 1. The van der Waals surface area contributed by atoms with Crippen molar-refractivity contribution in [2.45, 2.75) is 13.8 Å². The van der Waals surface area contributed by atoms with Crippen LogP contribution < -0.4 is 4.74 Å². The SMILES string of the molecule is CCOc1ccc(C#Cc2ccc(C)s2)cc1. The topological polar surface area (TPSA) is 9.23 Å². The zero-order valence-electron chi connectivity index (χ0n) is 9.99. The Kier molecular flexibility index (Phi) is 3.85. The van der Waals surface area contributed by atoms with Gasteiger partial charge >= 0.3 is 0 Å². The summed E-state index contributed by atoms with van der Waals surface area (Å²) in [6, 6.07) is 12.0. The van der Waals surface area contributed by atoms with Gasteiger partial charge in [-0.05, 0) is 50.2 Å². The van der Waals surface area contributed by atoms with Crippen LogP contribution >= 0.6 is 11.3 Å². The van der Waals surface area contributed by atoms with Crippen LogP contribution in [0.5, 0.6) is 5.75 Å². The highest BCUT2D eigenvalue weighted by molar-refractivity contribution is 7.12. The maximum Gasteiger partial charge on any atom is 0.119 e. The van der Waals surface area contributed by atoms with Gasteiger partial charge in [0.2, 0.25) is 0 Å². The van der Waals surface area contributed by atoms with Gasteiger partial charge in [-0.1, -0.05) is 11.8 Å². The molecule has 0 spiro atoms. The molecule has 0 aliphatic heterocycles. The second-order valence-corrected chi connectivity index (χ2v) is 4.91. The molecule has 1 aromatic carbocycles. The number of ether oxygens (including phenoxy) is 1. The van der Waals surface area contributed by atoms with Crippen molar-refractivity contribution in [1.82, 2.24) is 0 Å². The van der Waals surface area contributed by atoms with Gasteiger partial charge in [-0.15, -0.1) is 11.3 Å². The average molecular weight is 242 g/mol. The van der Waals surface area contributed by atoms with Crippen LogP contribution in [-0.2, 0) is 0 Å². The van der Waals surface area contributed by atoms with E-state index in [-0.39, 0.29) is 0 Å². The minimum Gasteiger partial charge on any atom is -0.494 e. The van der Waals surface area contributed by atoms with E-state index in [9.17, 15) is 0 Å². The van der Waals surface area contributed by atoms with E-state index in [0.717, 1.165) is 16.2 Å². The lowest BCUT2D eigenvalue weighted by Gasteiger charge is -2.01. The van der Waals surface area contributed by atoms with Crippen molar-refractivity contribution in [2.24, 2.45) is 0 Å². The molecule has 0 atom stereocenters. The number of hydrogen-bond donors (Lipinski definition) is 0. The zero-order chi connectivity index (χ0) is 12.1. The molecule has 0 amide bonds. The molecule has 0 N–H and O–H groups in total. The highest BCUT2D eigenvalue weighted by Crippen LogP contribution is 2.14. The molecule has 0 aliphatic rings. The summed E-state index contributed by atoms with van der Waals surface area (Å²) in [5.74, 6) is 7.20. The van der Waals surface area contributed by atoms with E-state index in [1.807, 2.05) is 31.2 Å². The van der Waals surface area contributed by atoms with Gasteiger partial charge in [-0.2, -0.15) is 0 Å². The quantitative estimate of drug-likeness (QED) is 0.727. The van der Waals surface area contributed by atoms with Crippen LogP contribution in [0.4, 0.5) is 0 Å². The molecular weight excluding hydrogens is 228 g/mol. The molecule has 2 heteroatoms. The van der Waals surface area contributed by atoms with Gasteiger partial charge in [0.15, 0.2) is 0 Å². The Morgan fingerprint density at radius 2 is 1.82 bits per heavy atom. The lowest BCUT2D eigenvalue weighted by atomic mass is 10.2. The normalized spacial score (nSPS) is 9.53. The summed E-state index contributed by atoms with van der Waals surface area (Å²) in [6.45, 7) is 4.76. The minimum absolute atomic E-state index is 0.694. The lowest BCUT2D eigenvalue weighted by Crippen LogP contribution is -1.90. The first-order valence-electron chi connectivity index (χ1n) is 5.59. The average Bonchev–Trinajstić information content (AvgIpc) is 2.75. The molecule has 86 valence electrons. The highest BCUT2D eigenvalue weighted by atomic mass is 32.1. The first-order chi connectivity index (χ1) is 8.28. The van der Waals surface area contributed by atoms with E-state index >= 15 is 0 Å². The predicted octanol–water partition coefficient (Wildman–Crippen LogP) is 3.86. The second-order valence-electron chi connectivity index (χ2n) is 3.62. The first kappa shape index (κ1) is 11.8. The van der Waals surface area contributed by atoms with Crippen LogP contribution in [0.3, 0.4) is 0 Å². The van der Waals surface area contributed by atoms with Crippen molar-refractivity contribution in [3.05, 3.63) is 51.7 Å². The van der Waals surface area contributed by atoms with Gasteiger partial charge in [0.05, 0.1) is 11.5 Å². The molecule has 1 nitrogen and oxygen atoms in total. The Morgan fingerprint density at radius 1 is 1.06 bits per heavy atom. The van der Waals surface area contributed by atoms with E-state index in [1.54, 1.807) is 11.3 Å². The summed E-state index contributed by atoms with van der Waals surface area (Å²) in [5, 5.41) is 0. The minimum atomic E-state index is 0.694. The summed E-state index contributed by atoms with van der Waals surface area (Å²) in [6.07, 6.45) is 0. The summed E-state index contributed by atoms with van der Waals surface area (Å²) in [4.78, 5) is 2.40. The molecule has 17 heavy (non-hydrogen) atoms. The fourth-order valence-electron chi connectivity index (χ4n) is 1.44. The fourth-order valence-corrected chi connectivity index (χ4v) is 2.16. The van der Waals surface area contributed by atoms with E-state index in [2.05, 4.69) is 30.9 Å². The Bertz CT molecular complexity index is 540. The molecular formula is C15H14OS. The van der Waals surface area contributed by atoms with E-state index in [1.165, 1.54) is 4.88 Å². The number of thiophene rings is 1. The molecule has 0 bridgehead atoms. The molecule has 0 saturated heterocycles. The molecule has 1 heterocycles. The van der Waals surface area contributed by atoms with Crippen LogP contribution in [-0.4, -0.2) is 6.61 Å². The Hall–Kier alpha value is -1.72. The molecule has 0 radical (unpaired) electrons. The second kappa shape index (κ2) is 5.56. The van der Waals surface area contributed by atoms with E-state index in [0.29, 0.717) is 6.61 Å². The third-order valence-electron chi connectivity index (χ3n) is 2.24. The Balaban J connectivity index is 2.11. The largest absolute Gasteiger partial charge is 0.494 e. The van der Waals surface area contributed by atoms with Crippen LogP contribution in [0.15, 0.2) is 36.4 Å². The third kappa shape index (κ3) is 3.37. The molecule has 0 fully saturated rings. The highest BCUT2D eigenvalue weighted by Gasteiger charge is 1.93. The van der Waals surface area contributed by atoms with Crippen molar-refractivity contribution < 1.29 is 4.74 Å². The van der Waals surface area contributed by atoms with Gasteiger partial charge in [-0.3, -0.25) is 0 Å². The zero-order valence-corrected chi connectivity index (χ0v) is 10.8. The molecule has 0 aliphatic carbocycles. The van der Waals surface area contributed by atoms with Crippen LogP contribution in [0.25, 0.3) is 0 Å². The Labute approximate surface area is 106 Å². The molecule has 0 unspecified atom stereocenters. The van der Waals surface area contributed by atoms with Crippen molar-refractivity contribution >= 4 is 11.3 Å². The van der Waals surface area contributed by atoms with Crippen molar-refractivity contribution in [2.75, 3.05) is 6.61 Å². The molecule has 0 saturated carbocycles. The summed E-state index contributed by atoms with van der Waals surface area (Å²) in [7, 11) is 0. The maximum absolute atomic E-state index is 5.38. The van der Waals surface area contributed by atoms with Gasteiger partial charge < -0.3 is 4.74 Å². The number of benzene rings is 1. The molecule has 2 rings (SSSR count). The Morgan fingerprint density at radius 3 is 2.41 bits per heavy atom. The third-order valence-corrected chi connectivity index (χ3v) is 3.15. The van der Waals surface area contributed by atoms with Crippen LogP contribution in [0.2, 0.25) is 0 Å². The van der Waals surface area contributed by atoms with Crippen molar-refractivity contribution in [1.29, 1.82) is 0 Å². The smallest absolute Gasteiger partial charge is 0.119 e. The van der Waals surface area contributed by atoms with Crippen molar-refractivity contribution in [3.8, 4) is 17.6 Å². The number of hydrogen-bond acceptors (Lipinski definition) is 2. The van der Waals surface area contributed by atoms with Gasteiger partial charge in [0, 0.05) is 10.4 Å². The van der Waals surface area contributed by atoms with Gasteiger partial charge in [0.25, 0.3) is 0 Å². The maximum atomic E-state index is 5.38. The van der Waals surface area contributed by atoms with E-state index in [4.69, 9.17) is 4.74 Å². The van der Waals surface area contributed by atoms with Crippen LogP contribution in [0, 0.1) is 18.8 Å². The van der Waals surface area contributed by atoms with Gasteiger partial charge in [0.1, 0.15) is 5.75 Å². The van der Waals surface area contributed by atoms with E-state index < -0.39 is 0 Å². The molecule has 1 aromatic heterocycles. The van der Waals surface area contributed by atoms with Crippen LogP contribution in [0.1, 0.15) is 22.2 Å². The van der Waals surface area contributed by atoms with Gasteiger partial charge in [-0.25, -0.2) is 0 Å². The number of rotatable bonds is 2. The summed E-state index contributed by atoms with van der Waals surface area (Å²) >= 11 is 1.72. The first-order valence-corrected chi connectivity index (χ1v) is 6.41.